The number of methoxy groups -OCH3 is 1. The van der Waals surface area contributed by atoms with Crippen LogP contribution in [-0.4, -0.2) is 57.4 Å². The summed E-state index contributed by atoms with van der Waals surface area (Å²) in [6.07, 6.45) is 0.827. The molecule has 0 unspecified atom stereocenters. The number of carbonyl (C=O) groups is 1. The van der Waals surface area contributed by atoms with Crippen molar-refractivity contribution in [2.45, 2.75) is 6.42 Å². The number of anilines is 1. The van der Waals surface area contributed by atoms with E-state index in [1.807, 2.05) is 29.2 Å². The fourth-order valence-corrected chi connectivity index (χ4v) is 2.44. The van der Waals surface area contributed by atoms with Gasteiger partial charge in [-0.2, -0.15) is 5.26 Å². The topological polar surface area (TPSA) is 68.6 Å². The highest BCUT2D eigenvalue weighted by molar-refractivity contribution is 5.74. The third-order valence-corrected chi connectivity index (χ3v) is 3.73. The lowest BCUT2D eigenvalue weighted by Gasteiger charge is -2.36. The van der Waals surface area contributed by atoms with Crippen molar-refractivity contribution in [1.82, 2.24) is 10.2 Å². The molecule has 0 aliphatic carbocycles. The highest BCUT2D eigenvalue weighted by Gasteiger charge is 2.20. The Morgan fingerprint density at radius 2 is 1.95 bits per heavy atom. The summed E-state index contributed by atoms with van der Waals surface area (Å²) in [7, 11) is 1.66. The van der Waals surface area contributed by atoms with Gasteiger partial charge in [0, 0.05) is 52.1 Å². The van der Waals surface area contributed by atoms with E-state index in [0.717, 1.165) is 25.2 Å². The van der Waals surface area contributed by atoms with Gasteiger partial charge < -0.3 is 19.9 Å². The molecule has 1 aromatic carbocycles. The number of urea groups is 1. The Labute approximate surface area is 131 Å². The highest BCUT2D eigenvalue weighted by Crippen LogP contribution is 2.17. The predicted octanol–water partition coefficient (Wildman–Crippen LogP) is 1.43. The average molecular weight is 302 g/mol. The molecule has 0 spiro atoms. The normalized spacial score (nSPS) is 14.5. The molecule has 1 N–H and O–H groups in total. The standard InChI is InChI=1S/C16H22N4O2/c1-22-12-2-7-18-16(21)20-10-8-19(9-11-20)15-5-3-14(13-17)4-6-15/h3-6H,2,7-12H2,1H3,(H,18,21). The molecule has 2 amide bonds. The van der Waals surface area contributed by atoms with Gasteiger partial charge >= 0.3 is 6.03 Å². The molecule has 22 heavy (non-hydrogen) atoms. The van der Waals surface area contributed by atoms with Gasteiger partial charge in [-0.25, -0.2) is 4.79 Å². The number of nitrogens with zero attached hydrogens (tertiary/aromatic N) is 3. The molecular weight excluding hydrogens is 280 g/mol. The maximum atomic E-state index is 12.0. The second-order valence-electron chi connectivity index (χ2n) is 5.21. The summed E-state index contributed by atoms with van der Waals surface area (Å²) in [5, 5.41) is 11.7. The van der Waals surface area contributed by atoms with E-state index in [4.69, 9.17) is 10.00 Å². The first kappa shape index (κ1) is 16.1. The first-order chi connectivity index (χ1) is 10.7. The lowest BCUT2D eigenvalue weighted by Crippen LogP contribution is -2.52. The Morgan fingerprint density at radius 1 is 1.27 bits per heavy atom. The molecule has 2 rings (SSSR count). The molecule has 0 bridgehead atoms. The zero-order chi connectivity index (χ0) is 15.8. The van der Waals surface area contributed by atoms with E-state index in [0.29, 0.717) is 31.8 Å². The Morgan fingerprint density at radius 3 is 2.55 bits per heavy atom. The van der Waals surface area contributed by atoms with Crippen molar-refractivity contribution in [2.75, 3.05) is 51.3 Å². The first-order valence-corrected chi connectivity index (χ1v) is 7.51. The van der Waals surface area contributed by atoms with Crippen LogP contribution in [0.5, 0.6) is 0 Å². The van der Waals surface area contributed by atoms with E-state index in [-0.39, 0.29) is 6.03 Å². The van der Waals surface area contributed by atoms with Crippen LogP contribution in [0, 0.1) is 11.3 Å². The molecule has 0 aromatic heterocycles. The minimum absolute atomic E-state index is 0.00409. The second-order valence-corrected chi connectivity index (χ2v) is 5.21. The number of amides is 2. The van der Waals surface area contributed by atoms with Crippen LogP contribution in [0.3, 0.4) is 0 Å². The quantitative estimate of drug-likeness (QED) is 0.835. The fraction of sp³-hybridized carbons (Fsp3) is 0.500. The fourth-order valence-electron chi connectivity index (χ4n) is 2.44. The average Bonchev–Trinajstić information content (AvgIpc) is 2.59. The van der Waals surface area contributed by atoms with Gasteiger partial charge in [-0.1, -0.05) is 0 Å². The zero-order valence-corrected chi connectivity index (χ0v) is 12.9. The van der Waals surface area contributed by atoms with Crippen LogP contribution in [-0.2, 0) is 4.74 Å². The smallest absolute Gasteiger partial charge is 0.317 e. The summed E-state index contributed by atoms with van der Waals surface area (Å²) in [5.74, 6) is 0. The van der Waals surface area contributed by atoms with Crippen molar-refractivity contribution in [3.63, 3.8) is 0 Å². The van der Waals surface area contributed by atoms with Gasteiger partial charge in [0.05, 0.1) is 11.6 Å². The Kier molecular flexibility index (Phi) is 6.04. The summed E-state index contributed by atoms with van der Waals surface area (Å²) in [5.41, 5.74) is 1.76. The molecule has 6 nitrogen and oxygen atoms in total. The number of ether oxygens (including phenoxy) is 1. The third-order valence-electron chi connectivity index (χ3n) is 3.73. The van der Waals surface area contributed by atoms with E-state index in [1.165, 1.54) is 0 Å². The number of hydrogen-bond acceptors (Lipinski definition) is 4. The number of nitriles is 1. The Balaban J connectivity index is 1.77. The van der Waals surface area contributed by atoms with Gasteiger partial charge in [-0.05, 0) is 30.7 Å². The lowest BCUT2D eigenvalue weighted by molar-refractivity contribution is 0.183. The van der Waals surface area contributed by atoms with E-state index in [1.54, 1.807) is 7.11 Å². The third kappa shape index (κ3) is 4.37. The second kappa shape index (κ2) is 8.25. The number of piperazine rings is 1. The largest absolute Gasteiger partial charge is 0.385 e. The first-order valence-electron chi connectivity index (χ1n) is 7.51. The SMILES string of the molecule is COCCCNC(=O)N1CCN(c2ccc(C#N)cc2)CC1. The van der Waals surface area contributed by atoms with Gasteiger partial charge in [0.1, 0.15) is 0 Å². The maximum Gasteiger partial charge on any atom is 0.317 e. The molecule has 1 aliphatic heterocycles. The molecule has 1 heterocycles. The molecule has 0 radical (unpaired) electrons. The van der Waals surface area contributed by atoms with E-state index in [2.05, 4.69) is 16.3 Å². The van der Waals surface area contributed by atoms with Gasteiger partial charge in [-0.15, -0.1) is 0 Å². The Hall–Kier alpha value is -2.26. The van der Waals surface area contributed by atoms with Gasteiger partial charge in [0.2, 0.25) is 0 Å². The van der Waals surface area contributed by atoms with E-state index < -0.39 is 0 Å². The van der Waals surface area contributed by atoms with Crippen molar-refractivity contribution >= 4 is 11.7 Å². The van der Waals surface area contributed by atoms with Gasteiger partial charge in [0.25, 0.3) is 0 Å². The molecule has 0 atom stereocenters. The van der Waals surface area contributed by atoms with Crippen LogP contribution in [0.25, 0.3) is 0 Å². The van der Waals surface area contributed by atoms with Crippen LogP contribution in [0.15, 0.2) is 24.3 Å². The summed E-state index contributed by atoms with van der Waals surface area (Å²) in [4.78, 5) is 16.1. The van der Waals surface area contributed by atoms with E-state index >= 15 is 0 Å². The lowest BCUT2D eigenvalue weighted by atomic mass is 10.2. The summed E-state index contributed by atoms with van der Waals surface area (Å²) >= 11 is 0. The zero-order valence-electron chi connectivity index (χ0n) is 12.9. The number of nitrogens with one attached hydrogen (secondary N) is 1. The molecule has 1 fully saturated rings. The van der Waals surface area contributed by atoms with Crippen molar-refractivity contribution < 1.29 is 9.53 Å². The molecule has 0 saturated carbocycles. The molecule has 6 heteroatoms. The van der Waals surface area contributed by atoms with Gasteiger partial charge in [0.15, 0.2) is 0 Å². The van der Waals surface area contributed by atoms with Crippen molar-refractivity contribution in [3.8, 4) is 6.07 Å². The molecule has 118 valence electrons. The Bertz CT molecular complexity index is 516. The number of hydrogen-bond donors (Lipinski definition) is 1. The van der Waals surface area contributed by atoms with Crippen LogP contribution >= 0.6 is 0 Å². The molecular formula is C16H22N4O2. The predicted molar refractivity (Wildman–Crippen MR) is 84.8 cm³/mol. The van der Waals surface area contributed by atoms with Crippen LogP contribution < -0.4 is 10.2 Å². The van der Waals surface area contributed by atoms with Crippen LogP contribution in [0.2, 0.25) is 0 Å². The summed E-state index contributed by atoms with van der Waals surface area (Å²) < 4.78 is 4.96. The van der Waals surface area contributed by atoms with E-state index in [9.17, 15) is 4.79 Å². The minimum atomic E-state index is -0.00409. The number of rotatable bonds is 5. The molecule has 1 saturated heterocycles. The van der Waals surface area contributed by atoms with Crippen LogP contribution in [0.1, 0.15) is 12.0 Å². The monoisotopic (exact) mass is 302 g/mol. The van der Waals surface area contributed by atoms with Crippen molar-refractivity contribution in [3.05, 3.63) is 29.8 Å². The summed E-state index contributed by atoms with van der Waals surface area (Å²) in [6, 6.07) is 9.68. The number of benzene rings is 1. The molecule has 1 aromatic rings. The van der Waals surface area contributed by atoms with Gasteiger partial charge in [-0.3, -0.25) is 0 Å². The number of carbonyl (C=O) groups excluding carboxylic acids is 1. The van der Waals surface area contributed by atoms with Crippen molar-refractivity contribution in [1.29, 1.82) is 5.26 Å². The molecule has 1 aliphatic rings. The highest BCUT2D eigenvalue weighted by atomic mass is 16.5. The van der Waals surface area contributed by atoms with Crippen molar-refractivity contribution in [2.24, 2.45) is 0 Å². The van der Waals surface area contributed by atoms with Crippen LogP contribution in [0.4, 0.5) is 10.5 Å². The maximum absolute atomic E-state index is 12.0. The minimum Gasteiger partial charge on any atom is -0.385 e. The summed E-state index contributed by atoms with van der Waals surface area (Å²) in [6.45, 7) is 4.32.